The molecule has 16 heteroatoms. The molecule has 210 valence electrons. The summed E-state index contributed by atoms with van der Waals surface area (Å²) in [6.07, 6.45) is 0.489. The van der Waals surface area contributed by atoms with Crippen LogP contribution in [-0.2, 0) is 19.2 Å². The van der Waals surface area contributed by atoms with E-state index in [0.717, 1.165) is 0 Å². The lowest BCUT2D eigenvalue weighted by molar-refractivity contribution is -0.149. The maximum Gasteiger partial charge on any atom is 0.326 e. The van der Waals surface area contributed by atoms with E-state index in [1.807, 2.05) is 0 Å². The Morgan fingerprint density at radius 2 is 1.54 bits per heavy atom. The summed E-state index contributed by atoms with van der Waals surface area (Å²) in [5, 5.41) is 24.6. The fourth-order valence-corrected chi connectivity index (χ4v) is 3.83. The third-order valence-corrected chi connectivity index (χ3v) is 5.75. The Hall–Kier alpha value is -3.66. The van der Waals surface area contributed by atoms with Crippen molar-refractivity contribution in [1.82, 2.24) is 15.5 Å². The van der Waals surface area contributed by atoms with Gasteiger partial charge in [0.1, 0.15) is 18.1 Å². The lowest BCUT2D eigenvalue weighted by Gasteiger charge is -2.29. The van der Waals surface area contributed by atoms with E-state index in [2.05, 4.69) is 20.6 Å². The average Bonchev–Trinajstić information content (AvgIpc) is 3.31. The zero-order valence-electron chi connectivity index (χ0n) is 21.0. The molecule has 5 atom stereocenters. The topological polar surface area (TPSA) is 291 Å². The molecule has 37 heavy (non-hydrogen) atoms. The number of likely N-dealkylation sites (tertiary alicyclic amines) is 1. The first-order chi connectivity index (χ1) is 17.3. The fraction of sp³-hybridized carbons (Fsp3) is 0.714. The van der Waals surface area contributed by atoms with Crippen LogP contribution in [0.2, 0.25) is 0 Å². The summed E-state index contributed by atoms with van der Waals surface area (Å²) < 4.78 is 0. The van der Waals surface area contributed by atoms with E-state index < -0.39 is 54.0 Å². The number of nitrogens with two attached hydrogens (primary N) is 5. The number of hydrogen-bond donors (Lipinski definition) is 9. The second-order valence-corrected chi connectivity index (χ2v) is 8.82. The number of carboxylic acids is 1. The molecule has 1 fully saturated rings. The number of rotatable bonds is 15. The minimum absolute atomic E-state index is 0.0881. The average molecular weight is 529 g/mol. The van der Waals surface area contributed by atoms with Gasteiger partial charge in [-0.15, -0.1) is 0 Å². The molecule has 0 spiro atoms. The minimum Gasteiger partial charge on any atom is -0.480 e. The van der Waals surface area contributed by atoms with Crippen LogP contribution in [0.4, 0.5) is 0 Å². The normalized spacial score (nSPS) is 18.1. The SMILES string of the molecule is CC(O)C(NC(=O)C(N)CCCN=C(N)N)C(=O)NC(CCCN=C(N)N)C(=O)N1CCCC1C(=O)O. The lowest BCUT2D eigenvalue weighted by atomic mass is 10.1. The first-order valence-corrected chi connectivity index (χ1v) is 12.0. The van der Waals surface area contributed by atoms with E-state index in [0.29, 0.717) is 25.7 Å². The lowest BCUT2D eigenvalue weighted by Crippen LogP contribution is -2.59. The molecular weight excluding hydrogens is 488 g/mol. The van der Waals surface area contributed by atoms with E-state index >= 15 is 0 Å². The van der Waals surface area contributed by atoms with E-state index in [1.54, 1.807) is 0 Å². The number of carbonyl (C=O) groups is 4. The number of aliphatic imine (C=N–C) groups is 2. The van der Waals surface area contributed by atoms with Gasteiger partial charge >= 0.3 is 5.97 Å². The summed E-state index contributed by atoms with van der Waals surface area (Å²) in [6, 6.07) is -4.55. The molecule has 0 aromatic heterocycles. The van der Waals surface area contributed by atoms with Crippen molar-refractivity contribution in [2.75, 3.05) is 19.6 Å². The van der Waals surface area contributed by atoms with Crippen LogP contribution in [0.5, 0.6) is 0 Å². The summed E-state index contributed by atoms with van der Waals surface area (Å²) in [7, 11) is 0. The van der Waals surface area contributed by atoms with Crippen LogP contribution in [0.1, 0.15) is 45.4 Å². The number of aliphatic hydroxyl groups excluding tert-OH is 1. The maximum atomic E-state index is 13.2. The molecule has 1 heterocycles. The molecule has 16 nitrogen and oxygen atoms in total. The van der Waals surface area contributed by atoms with Crippen LogP contribution in [0.3, 0.4) is 0 Å². The van der Waals surface area contributed by atoms with Crippen molar-refractivity contribution in [2.45, 2.75) is 75.7 Å². The van der Waals surface area contributed by atoms with Gasteiger partial charge in [-0.2, -0.15) is 0 Å². The smallest absolute Gasteiger partial charge is 0.326 e. The summed E-state index contributed by atoms with van der Waals surface area (Å²) in [4.78, 5) is 59.2. The first kappa shape index (κ1) is 31.4. The Kier molecular flexibility index (Phi) is 13.1. The molecule has 1 aliphatic rings. The van der Waals surface area contributed by atoms with E-state index in [1.165, 1.54) is 11.8 Å². The highest BCUT2D eigenvalue weighted by Gasteiger charge is 2.38. The molecule has 1 saturated heterocycles. The van der Waals surface area contributed by atoms with E-state index in [-0.39, 0.29) is 44.4 Å². The van der Waals surface area contributed by atoms with Gasteiger partial charge in [-0.25, -0.2) is 4.79 Å². The molecule has 5 unspecified atom stereocenters. The highest BCUT2D eigenvalue weighted by molar-refractivity contribution is 5.94. The van der Waals surface area contributed by atoms with Gasteiger partial charge < -0.3 is 54.4 Å². The summed E-state index contributed by atoms with van der Waals surface area (Å²) in [5.41, 5.74) is 27.0. The number of carboxylic acid groups (broad SMARTS) is 1. The quantitative estimate of drug-likeness (QED) is 0.0558. The Morgan fingerprint density at radius 3 is 2.05 bits per heavy atom. The molecule has 0 bridgehead atoms. The maximum absolute atomic E-state index is 13.2. The molecule has 14 N–H and O–H groups in total. The Morgan fingerprint density at radius 1 is 0.973 bits per heavy atom. The van der Waals surface area contributed by atoms with Gasteiger partial charge in [-0.1, -0.05) is 0 Å². The number of nitrogens with zero attached hydrogens (tertiary/aromatic N) is 3. The highest BCUT2D eigenvalue weighted by atomic mass is 16.4. The number of amides is 3. The van der Waals surface area contributed by atoms with Gasteiger partial charge in [-0.3, -0.25) is 24.4 Å². The Labute approximate surface area is 215 Å². The molecule has 0 aromatic carbocycles. The number of carbonyl (C=O) groups excluding carboxylic acids is 3. The summed E-state index contributed by atoms with van der Waals surface area (Å²) >= 11 is 0. The molecular formula is C21H40N10O6. The zero-order chi connectivity index (χ0) is 28.1. The second-order valence-electron chi connectivity index (χ2n) is 8.82. The summed E-state index contributed by atoms with van der Waals surface area (Å²) in [6.45, 7) is 1.96. The second kappa shape index (κ2) is 15.5. The van der Waals surface area contributed by atoms with Crippen LogP contribution in [0.15, 0.2) is 9.98 Å². The van der Waals surface area contributed by atoms with Gasteiger partial charge in [0, 0.05) is 19.6 Å². The molecule has 1 aliphatic heterocycles. The van der Waals surface area contributed by atoms with Crippen molar-refractivity contribution in [1.29, 1.82) is 0 Å². The summed E-state index contributed by atoms with van der Waals surface area (Å²) in [5.74, 6) is -3.47. The molecule has 1 rings (SSSR count). The van der Waals surface area contributed by atoms with Crippen LogP contribution >= 0.6 is 0 Å². The van der Waals surface area contributed by atoms with Crippen molar-refractivity contribution < 1.29 is 29.4 Å². The van der Waals surface area contributed by atoms with Crippen molar-refractivity contribution in [3.8, 4) is 0 Å². The van der Waals surface area contributed by atoms with Gasteiger partial charge in [0.2, 0.25) is 17.7 Å². The third-order valence-electron chi connectivity index (χ3n) is 5.75. The van der Waals surface area contributed by atoms with Crippen LogP contribution in [0, 0.1) is 0 Å². The highest BCUT2D eigenvalue weighted by Crippen LogP contribution is 2.20. The molecule has 0 aliphatic carbocycles. The Balaban J connectivity index is 2.92. The predicted octanol–water partition coefficient (Wildman–Crippen LogP) is -4.15. The number of hydrogen-bond acceptors (Lipinski definition) is 8. The first-order valence-electron chi connectivity index (χ1n) is 12.0. The molecule has 0 saturated carbocycles. The predicted molar refractivity (Wildman–Crippen MR) is 136 cm³/mol. The molecule has 0 radical (unpaired) electrons. The van der Waals surface area contributed by atoms with Gasteiger partial charge in [0.15, 0.2) is 11.9 Å². The van der Waals surface area contributed by atoms with Crippen molar-refractivity contribution in [2.24, 2.45) is 38.7 Å². The van der Waals surface area contributed by atoms with Crippen molar-refractivity contribution >= 4 is 35.6 Å². The monoisotopic (exact) mass is 528 g/mol. The standard InChI is InChI=1S/C21H40N10O6/c1-11(32)15(30-16(33)12(22)5-2-8-27-20(23)24)17(34)29-13(6-3-9-28-21(25)26)18(35)31-10-4-7-14(31)19(36)37/h11-15,32H,2-10,22H2,1H3,(H,29,34)(H,30,33)(H,36,37)(H4,23,24,27)(H4,25,26,28). The number of nitrogens with one attached hydrogen (secondary N) is 2. The molecule has 3 amide bonds. The number of guanidine groups is 2. The van der Waals surface area contributed by atoms with Gasteiger partial charge in [-0.05, 0) is 45.4 Å². The fourth-order valence-electron chi connectivity index (χ4n) is 3.83. The van der Waals surface area contributed by atoms with E-state index in [4.69, 9.17) is 28.7 Å². The van der Waals surface area contributed by atoms with Crippen molar-refractivity contribution in [3.05, 3.63) is 0 Å². The number of aliphatic carboxylic acids is 1. The zero-order valence-corrected chi connectivity index (χ0v) is 21.0. The Bertz CT molecular complexity index is 857. The minimum atomic E-state index is -1.42. The van der Waals surface area contributed by atoms with Crippen LogP contribution in [0.25, 0.3) is 0 Å². The largest absolute Gasteiger partial charge is 0.480 e. The van der Waals surface area contributed by atoms with Crippen molar-refractivity contribution in [3.63, 3.8) is 0 Å². The van der Waals surface area contributed by atoms with Crippen LogP contribution < -0.4 is 39.3 Å². The number of aliphatic hydroxyl groups is 1. The van der Waals surface area contributed by atoms with Gasteiger partial charge in [0.25, 0.3) is 0 Å². The van der Waals surface area contributed by atoms with Gasteiger partial charge in [0.05, 0.1) is 12.1 Å². The van der Waals surface area contributed by atoms with E-state index in [9.17, 15) is 29.4 Å². The molecule has 0 aromatic rings. The van der Waals surface area contributed by atoms with Crippen LogP contribution in [-0.4, -0.2) is 101 Å². The third kappa shape index (κ3) is 10.9.